The highest BCUT2D eigenvalue weighted by atomic mass is 32.2. The number of guanidine groups is 1. The molecule has 0 spiro atoms. The summed E-state index contributed by atoms with van der Waals surface area (Å²) in [4.78, 5) is 4.16. The number of nitrogens with zero attached hydrogens (tertiary/aromatic N) is 1. The molecule has 1 aromatic rings. The number of sulfone groups is 1. The van der Waals surface area contributed by atoms with Crippen LogP contribution in [0.25, 0.3) is 0 Å². The van der Waals surface area contributed by atoms with Gasteiger partial charge >= 0.3 is 0 Å². The SMILES string of the molecule is CN=C(NCCc1ccco1)NCC(C)(C)CCS(C)(=O)=O. The van der Waals surface area contributed by atoms with E-state index >= 15 is 0 Å². The van der Waals surface area contributed by atoms with E-state index in [9.17, 15) is 8.42 Å². The van der Waals surface area contributed by atoms with E-state index in [1.807, 2.05) is 26.0 Å². The molecule has 0 aliphatic carbocycles. The fourth-order valence-corrected chi connectivity index (χ4v) is 2.78. The summed E-state index contributed by atoms with van der Waals surface area (Å²) in [5, 5.41) is 6.45. The van der Waals surface area contributed by atoms with Gasteiger partial charge in [0.2, 0.25) is 0 Å². The molecular formula is C15H27N3O3S. The van der Waals surface area contributed by atoms with E-state index in [-0.39, 0.29) is 11.2 Å². The molecule has 0 amide bonds. The van der Waals surface area contributed by atoms with Crippen LogP contribution in [0.15, 0.2) is 27.8 Å². The first-order valence-electron chi connectivity index (χ1n) is 7.36. The highest BCUT2D eigenvalue weighted by Gasteiger charge is 2.20. The van der Waals surface area contributed by atoms with Gasteiger partial charge in [0.05, 0.1) is 12.0 Å². The average Bonchev–Trinajstić information content (AvgIpc) is 2.93. The number of nitrogens with one attached hydrogen (secondary N) is 2. The third-order valence-corrected chi connectivity index (χ3v) is 4.30. The van der Waals surface area contributed by atoms with Crippen molar-refractivity contribution in [1.29, 1.82) is 0 Å². The molecule has 1 aromatic heterocycles. The van der Waals surface area contributed by atoms with E-state index in [1.54, 1.807) is 13.3 Å². The van der Waals surface area contributed by atoms with Gasteiger partial charge in [0.1, 0.15) is 15.6 Å². The monoisotopic (exact) mass is 329 g/mol. The van der Waals surface area contributed by atoms with Crippen LogP contribution in [0.5, 0.6) is 0 Å². The Balaban J connectivity index is 2.33. The molecule has 0 aliphatic rings. The van der Waals surface area contributed by atoms with Crippen molar-refractivity contribution < 1.29 is 12.8 Å². The zero-order chi connectivity index (χ0) is 16.6. The minimum Gasteiger partial charge on any atom is -0.469 e. The van der Waals surface area contributed by atoms with Crippen molar-refractivity contribution in [2.45, 2.75) is 26.7 Å². The summed E-state index contributed by atoms with van der Waals surface area (Å²) in [5.41, 5.74) is -0.123. The Morgan fingerprint density at radius 3 is 2.64 bits per heavy atom. The van der Waals surface area contributed by atoms with Gasteiger partial charge in [-0.3, -0.25) is 4.99 Å². The van der Waals surface area contributed by atoms with E-state index in [0.29, 0.717) is 18.9 Å². The minimum atomic E-state index is -2.92. The maximum absolute atomic E-state index is 11.3. The maximum atomic E-state index is 11.3. The summed E-state index contributed by atoms with van der Waals surface area (Å²) in [5.74, 6) is 1.84. The largest absolute Gasteiger partial charge is 0.469 e. The lowest BCUT2D eigenvalue weighted by Gasteiger charge is -2.25. The smallest absolute Gasteiger partial charge is 0.191 e. The molecule has 0 aliphatic heterocycles. The second-order valence-corrected chi connectivity index (χ2v) is 8.49. The van der Waals surface area contributed by atoms with Crippen molar-refractivity contribution in [1.82, 2.24) is 10.6 Å². The van der Waals surface area contributed by atoms with E-state index in [1.165, 1.54) is 6.26 Å². The van der Waals surface area contributed by atoms with Crippen molar-refractivity contribution in [2.75, 3.05) is 32.1 Å². The first-order chi connectivity index (χ1) is 10.2. The molecule has 0 radical (unpaired) electrons. The van der Waals surface area contributed by atoms with Gasteiger partial charge in [-0.1, -0.05) is 13.8 Å². The quantitative estimate of drug-likeness (QED) is 0.557. The minimum absolute atomic E-state index is 0.123. The third-order valence-electron chi connectivity index (χ3n) is 3.35. The molecular weight excluding hydrogens is 302 g/mol. The predicted octanol–water partition coefficient (Wildman–Crippen LogP) is 1.45. The van der Waals surface area contributed by atoms with Gasteiger partial charge in [0.25, 0.3) is 0 Å². The molecule has 0 bridgehead atoms. The number of hydrogen-bond donors (Lipinski definition) is 2. The lowest BCUT2D eigenvalue weighted by molar-refractivity contribution is 0.348. The highest BCUT2D eigenvalue weighted by Crippen LogP contribution is 2.19. The van der Waals surface area contributed by atoms with Crippen LogP contribution in [0.3, 0.4) is 0 Å². The Bertz CT molecular complexity index is 563. The van der Waals surface area contributed by atoms with Crippen LogP contribution >= 0.6 is 0 Å². The zero-order valence-electron chi connectivity index (χ0n) is 13.8. The Hall–Kier alpha value is -1.50. The number of aliphatic imine (C=N–C) groups is 1. The second kappa shape index (κ2) is 8.22. The van der Waals surface area contributed by atoms with Gasteiger partial charge in [-0.05, 0) is 24.0 Å². The first-order valence-corrected chi connectivity index (χ1v) is 9.42. The standard InChI is InChI=1S/C15H27N3O3S/c1-15(2,8-11-22(4,19)20)12-18-14(16-3)17-9-7-13-6-5-10-21-13/h5-6,10H,7-9,11-12H2,1-4H3,(H2,16,17,18). The average molecular weight is 329 g/mol. The zero-order valence-corrected chi connectivity index (χ0v) is 14.7. The van der Waals surface area contributed by atoms with Gasteiger partial charge in [-0.2, -0.15) is 0 Å². The van der Waals surface area contributed by atoms with E-state index in [0.717, 1.165) is 18.7 Å². The van der Waals surface area contributed by atoms with Crippen LogP contribution in [-0.2, 0) is 16.3 Å². The van der Waals surface area contributed by atoms with Crippen LogP contribution in [0.4, 0.5) is 0 Å². The number of furan rings is 1. The molecule has 0 atom stereocenters. The van der Waals surface area contributed by atoms with Crippen LogP contribution < -0.4 is 10.6 Å². The molecule has 0 saturated carbocycles. The summed E-state index contributed by atoms with van der Waals surface area (Å²) in [7, 11) is -1.21. The molecule has 1 heterocycles. The fraction of sp³-hybridized carbons (Fsp3) is 0.667. The van der Waals surface area contributed by atoms with Crippen LogP contribution in [-0.4, -0.2) is 46.5 Å². The van der Waals surface area contributed by atoms with Gasteiger partial charge in [-0.15, -0.1) is 0 Å². The molecule has 22 heavy (non-hydrogen) atoms. The van der Waals surface area contributed by atoms with E-state index in [4.69, 9.17) is 4.42 Å². The van der Waals surface area contributed by atoms with Crippen LogP contribution in [0.2, 0.25) is 0 Å². The normalized spacial score (nSPS) is 13.2. The van der Waals surface area contributed by atoms with Crippen molar-refractivity contribution in [3.8, 4) is 0 Å². The van der Waals surface area contributed by atoms with Gasteiger partial charge in [0, 0.05) is 32.8 Å². The summed E-state index contributed by atoms with van der Waals surface area (Å²) >= 11 is 0. The molecule has 0 fully saturated rings. The Kier molecular flexibility index (Phi) is 6.93. The van der Waals surface area contributed by atoms with Crippen molar-refractivity contribution >= 4 is 15.8 Å². The molecule has 6 nitrogen and oxygen atoms in total. The van der Waals surface area contributed by atoms with Crippen molar-refractivity contribution in [2.24, 2.45) is 10.4 Å². The topological polar surface area (TPSA) is 83.7 Å². The first kappa shape index (κ1) is 18.5. The molecule has 0 unspecified atom stereocenters. The Morgan fingerprint density at radius 1 is 1.36 bits per heavy atom. The third kappa shape index (κ3) is 8.07. The van der Waals surface area contributed by atoms with Gasteiger partial charge in [0.15, 0.2) is 5.96 Å². The Morgan fingerprint density at radius 2 is 2.09 bits per heavy atom. The number of rotatable bonds is 8. The van der Waals surface area contributed by atoms with Gasteiger partial charge in [-0.25, -0.2) is 8.42 Å². The predicted molar refractivity (Wildman–Crippen MR) is 89.9 cm³/mol. The second-order valence-electron chi connectivity index (χ2n) is 6.23. The molecule has 2 N–H and O–H groups in total. The van der Waals surface area contributed by atoms with Crippen molar-refractivity contribution in [3.05, 3.63) is 24.2 Å². The van der Waals surface area contributed by atoms with E-state index < -0.39 is 9.84 Å². The summed E-state index contributed by atoms with van der Waals surface area (Å²) in [6.07, 6.45) is 4.33. The molecule has 1 rings (SSSR count). The fourth-order valence-electron chi connectivity index (χ4n) is 1.85. The highest BCUT2D eigenvalue weighted by molar-refractivity contribution is 7.90. The number of hydrogen-bond acceptors (Lipinski definition) is 4. The molecule has 126 valence electrons. The summed E-state index contributed by atoms with van der Waals surface area (Å²) in [6, 6.07) is 3.80. The van der Waals surface area contributed by atoms with Crippen molar-refractivity contribution in [3.63, 3.8) is 0 Å². The van der Waals surface area contributed by atoms with E-state index in [2.05, 4.69) is 15.6 Å². The van der Waals surface area contributed by atoms with Crippen LogP contribution in [0, 0.1) is 5.41 Å². The summed E-state index contributed by atoms with van der Waals surface area (Å²) in [6.45, 7) is 5.46. The molecule has 0 aromatic carbocycles. The molecule has 7 heteroatoms. The Labute approximate surface area is 133 Å². The van der Waals surface area contributed by atoms with Gasteiger partial charge < -0.3 is 15.1 Å². The molecule has 0 saturated heterocycles. The summed E-state index contributed by atoms with van der Waals surface area (Å²) < 4.78 is 27.8. The lowest BCUT2D eigenvalue weighted by atomic mass is 9.90. The van der Waals surface area contributed by atoms with Crippen LogP contribution in [0.1, 0.15) is 26.0 Å². The lowest BCUT2D eigenvalue weighted by Crippen LogP contribution is -2.43. The maximum Gasteiger partial charge on any atom is 0.191 e.